The van der Waals surface area contributed by atoms with Gasteiger partial charge in [-0.05, 0) is 48.6 Å². The van der Waals surface area contributed by atoms with Crippen LogP contribution in [0.3, 0.4) is 0 Å². The van der Waals surface area contributed by atoms with Crippen molar-refractivity contribution in [1.82, 2.24) is 0 Å². The van der Waals surface area contributed by atoms with Gasteiger partial charge >= 0.3 is 5.97 Å². The second-order valence-electron chi connectivity index (χ2n) is 5.21. The summed E-state index contributed by atoms with van der Waals surface area (Å²) in [6, 6.07) is 10.6. The Balaban J connectivity index is 1.65. The van der Waals surface area contributed by atoms with Gasteiger partial charge in [0.05, 0.1) is 0 Å². The molecule has 0 heterocycles. The third-order valence-corrected chi connectivity index (χ3v) is 4.55. The largest absolute Gasteiger partial charge is 0.456 e. The number of nitrogens with one attached hydrogen (secondary N) is 1. The van der Waals surface area contributed by atoms with Crippen LogP contribution in [0.25, 0.3) is 0 Å². The molecule has 1 amide bonds. The van der Waals surface area contributed by atoms with Crippen molar-refractivity contribution in [3.63, 3.8) is 0 Å². The van der Waals surface area contributed by atoms with Crippen LogP contribution < -0.4 is 5.32 Å². The first kappa shape index (κ1) is 20.2. The molecule has 0 aromatic heterocycles. The Bertz CT molecular complexity index is 751. The van der Waals surface area contributed by atoms with Crippen LogP contribution in [0, 0.1) is 11.6 Å². The molecular formula is C18H16ClF2NO3S. The van der Waals surface area contributed by atoms with E-state index in [2.05, 4.69) is 0 Å². The second-order valence-corrected chi connectivity index (χ2v) is 6.82. The van der Waals surface area contributed by atoms with Crippen LogP contribution in [-0.4, -0.2) is 24.2 Å². The third kappa shape index (κ3) is 6.65. The first-order valence-electron chi connectivity index (χ1n) is 7.73. The fourth-order valence-corrected chi connectivity index (χ4v) is 2.93. The summed E-state index contributed by atoms with van der Waals surface area (Å²) in [6.07, 6.45) is 0.706. The molecule has 0 spiro atoms. The molecule has 138 valence electrons. The van der Waals surface area contributed by atoms with Crippen LogP contribution in [0.5, 0.6) is 0 Å². The van der Waals surface area contributed by atoms with Gasteiger partial charge in [0.1, 0.15) is 17.3 Å². The minimum atomic E-state index is -0.899. The van der Waals surface area contributed by atoms with Crippen molar-refractivity contribution in [2.45, 2.75) is 17.7 Å². The van der Waals surface area contributed by atoms with E-state index in [4.69, 9.17) is 16.3 Å². The summed E-state index contributed by atoms with van der Waals surface area (Å²) in [7, 11) is 0. The Morgan fingerprint density at radius 3 is 2.38 bits per heavy atom. The lowest BCUT2D eigenvalue weighted by atomic mass is 10.3. The van der Waals surface area contributed by atoms with Crippen molar-refractivity contribution in [3.05, 3.63) is 59.1 Å². The Kier molecular flexibility index (Phi) is 7.87. The van der Waals surface area contributed by atoms with Gasteiger partial charge in [-0.15, -0.1) is 11.8 Å². The van der Waals surface area contributed by atoms with Crippen LogP contribution in [0.15, 0.2) is 47.4 Å². The number of ether oxygens (including phenoxy) is 1. The van der Waals surface area contributed by atoms with Gasteiger partial charge in [-0.1, -0.05) is 17.7 Å². The molecule has 8 heteroatoms. The normalized spacial score (nSPS) is 10.4. The van der Waals surface area contributed by atoms with Crippen LogP contribution >= 0.6 is 23.4 Å². The fraction of sp³-hybridized carbons (Fsp3) is 0.222. The third-order valence-electron chi connectivity index (χ3n) is 3.20. The molecule has 0 aliphatic carbocycles. The molecule has 4 nitrogen and oxygen atoms in total. The highest BCUT2D eigenvalue weighted by Gasteiger charge is 2.13. The highest BCUT2D eigenvalue weighted by molar-refractivity contribution is 7.99. The summed E-state index contributed by atoms with van der Waals surface area (Å²) < 4.78 is 31.6. The molecule has 2 aromatic carbocycles. The summed E-state index contributed by atoms with van der Waals surface area (Å²) in [5, 5.41) is 2.70. The Morgan fingerprint density at radius 1 is 1.08 bits per heavy atom. The van der Waals surface area contributed by atoms with E-state index in [1.165, 1.54) is 6.07 Å². The molecule has 0 radical (unpaired) electrons. The fourth-order valence-electron chi connectivity index (χ4n) is 1.95. The van der Waals surface area contributed by atoms with Crippen LogP contribution in [-0.2, 0) is 14.3 Å². The molecule has 0 saturated heterocycles. The zero-order chi connectivity index (χ0) is 18.9. The maximum Gasteiger partial charge on any atom is 0.306 e. The van der Waals surface area contributed by atoms with Gasteiger partial charge < -0.3 is 10.1 Å². The molecule has 0 aliphatic heterocycles. The second kappa shape index (κ2) is 10.1. The molecule has 0 atom stereocenters. The number of esters is 1. The number of para-hydroxylation sites is 1. The standard InChI is InChI=1S/C18H16ClF2NO3S/c19-12-6-8-13(9-7-12)26-10-2-5-17(24)25-11-16(23)22-18-14(20)3-1-4-15(18)21/h1,3-4,6-9H,2,5,10-11H2,(H,22,23). The first-order valence-corrected chi connectivity index (χ1v) is 9.10. The minimum absolute atomic E-state index is 0.141. The van der Waals surface area contributed by atoms with E-state index in [0.717, 1.165) is 17.0 Å². The highest BCUT2D eigenvalue weighted by atomic mass is 35.5. The minimum Gasteiger partial charge on any atom is -0.456 e. The van der Waals surface area contributed by atoms with Crippen molar-refractivity contribution in [2.24, 2.45) is 0 Å². The molecule has 0 fully saturated rings. The van der Waals surface area contributed by atoms with Gasteiger partial charge in [-0.2, -0.15) is 0 Å². The number of thioether (sulfide) groups is 1. The number of hydrogen-bond acceptors (Lipinski definition) is 4. The maximum absolute atomic E-state index is 13.4. The number of halogens is 3. The zero-order valence-electron chi connectivity index (χ0n) is 13.6. The van der Waals surface area contributed by atoms with E-state index in [0.29, 0.717) is 17.2 Å². The molecule has 0 bridgehead atoms. The Morgan fingerprint density at radius 2 is 1.73 bits per heavy atom. The lowest BCUT2D eigenvalue weighted by Gasteiger charge is -2.08. The zero-order valence-corrected chi connectivity index (χ0v) is 15.2. The average molecular weight is 400 g/mol. The lowest BCUT2D eigenvalue weighted by Crippen LogP contribution is -2.22. The van der Waals surface area contributed by atoms with E-state index in [-0.39, 0.29) is 6.42 Å². The summed E-state index contributed by atoms with van der Waals surface area (Å²) in [6.45, 7) is -0.600. The quantitative estimate of drug-likeness (QED) is 0.398. The van der Waals surface area contributed by atoms with Gasteiger partial charge in [-0.3, -0.25) is 9.59 Å². The van der Waals surface area contributed by atoms with E-state index < -0.39 is 35.8 Å². The van der Waals surface area contributed by atoms with Crippen molar-refractivity contribution in [2.75, 3.05) is 17.7 Å². The molecule has 0 saturated carbocycles. The summed E-state index contributed by atoms with van der Waals surface area (Å²) >= 11 is 7.37. The SMILES string of the molecule is O=C(COC(=O)CCCSc1ccc(Cl)cc1)Nc1c(F)cccc1F. The number of carbonyl (C=O) groups is 2. The summed E-state index contributed by atoms with van der Waals surface area (Å²) in [4.78, 5) is 24.3. The average Bonchev–Trinajstić information content (AvgIpc) is 2.62. The van der Waals surface area contributed by atoms with Crippen LogP contribution in [0.2, 0.25) is 5.02 Å². The molecule has 26 heavy (non-hydrogen) atoms. The number of carbonyl (C=O) groups excluding carboxylic acids is 2. The number of anilines is 1. The van der Waals surface area contributed by atoms with Crippen LogP contribution in [0.4, 0.5) is 14.5 Å². The molecule has 2 rings (SSSR count). The van der Waals surface area contributed by atoms with Crippen molar-refractivity contribution >= 4 is 40.9 Å². The van der Waals surface area contributed by atoms with Gasteiger partial charge in [-0.25, -0.2) is 8.78 Å². The monoisotopic (exact) mass is 399 g/mol. The van der Waals surface area contributed by atoms with Gasteiger partial charge in [0.2, 0.25) is 0 Å². The van der Waals surface area contributed by atoms with Gasteiger partial charge in [0.15, 0.2) is 6.61 Å². The maximum atomic E-state index is 13.4. The van der Waals surface area contributed by atoms with Gasteiger partial charge in [0.25, 0.3) is 5.91 Å². The molecular weight excluding hydrogens is 384 g/mol. The van der Waals surface area contributed by atoms with Crippen molar-refractivity contribution in [1.29, 1.82) is 0 Å². The lowest BCUT2D eigenvalue weighted by molar-refractivity contribution is -0.147. The molecule has 1 N–H and O–H groups in total. The Hall–Kier alpha value is -2.12. The number of hydrogen-bond donors (Lipinski definition) is 1. The van der Waals surface area contributed by atoms with E-state index in [9.17, 15) is 18.4 Å². The van der Waals surface area contributed by atoms with Gasteiger partial charge in [0, 0.05) is 16.3 Å². The van der Waals surface area contributed by atoms with E-state index in [1.807, 2.05) is 17.4 Å². The topological polar surface area (TPSA) is 55.4 Å². The van der Waals surface area contributed by atoms with Crippen molar-refractivity contribution < 1.29 is 23.1 Å². The summed E-state index contributed by atoms with van der Waals surface area (Å²) in [5.74, 6) is -2.46. The predicted octanol–water partition coefficient (Wildman–Crippen LogP) is 4.67. The smallest absolute Gasteiger partial charge is 0.306 e. The molecule has 2 aromatic rings. The first-order chi connectivity index (χ1) is 12.5. The van der Waals surface area contributed by atoms with Crippen molar-refractivity contribution in [3.8, 4) is 0 Å². The summed E-state index contributed by atoms with van der Waals surface area (Å²) in [5.41, 5.74) is -0.562. The number of amides is 1. The van der Waals surface area contributed by atoms with Crippen LogP contribution in [0.1, 0.15) is 12.8 Å². The Labute approximate surface area is 158 Å². The van der Waals surface area contributed by atoms with E-state index in [1.54, 1.807) is 23.9 Å². The highest BCUT2D eigenvalue weighted by Crippen LogP contribution is 2.21. The molecule has 0 aliphatic rings. The molecule has 0 unspecified atom stereocenters. The predicted molar refractivity (Wildman–Crippen MR) is 97.4 cm³/mol. The van der Waals surface area contributed by atoms with E-state index >= 15 is 0 Å². The number of benzene rings is 2. The number of rotatable bonds is 8.